The zero-order valence-corrected chi connectivity index (χ0v) is 11.5. The van der Waals surface area contributed by atoms with E-state index in [9.17, 15) is 0 Å². The van der Waals surface area contributed by atoms with Crippen molar-refractivity contribution in [1.82, 2.24) is 10.2 Å². The van der Waals surface area contributed by atoms with Crippen molar-refractivity contribution in [2.75, 3.05) is 13.1 Å². The average Bonchev–Trinajstić information content (AvgIpc) is 2.30. The van der Waals surface area contributed by atoms with Crippen LogP contribution in [0.3, 0.4) is 0 Å². The Labute approximate surface area is 105 Å². The minimum atomic E-state index is 0.608. The minimum Gasteiger partial charge on any atom is -0.311 e. The maximum atomic E-state index is 3.53. The molecule has 1 fully saturated rings. The SMILES string of the molecule is Cc1cccc(CN2CC(C)NCC2C)c1C. The molecule has 1 heterocycles. The molecular weight excluding hydrogens is 208 g/mol. The van der Waals surface area contributed by atoms with Gasteiger partial charge >= 0.3 is 0 Å². The van der Waals surface area contributed by atoms with E-state index in [4.69, 9.17) is 0 Å². The zero-order chi connectivity index (χ0) is 12.4. The Bertz CT molecular complexity index is 387. The average molecular weight is 232 g/mol. The van der Waals surface area contributed by atoms with Crippen LogP contribution in [-0.2, 0) is 6.54 Å². The fourth-order valence-corrected chi connectivity index (χ4v) is 2.52. The van der Waals surface area contributed by atoms with Crippen LogP contribution in [-0.4, -0.2) is 30.1 Å². The van der Waals surface area contributed by atoms with Gasteiger partial charge in [-0.25, -0.2) is 0 Å². The highest BCUT2D eigenvalue weighted by molar-refractivity contribution is 5.33. The molecule has 1 aromatic rings. The van der Waals surface area contributed by atoms with Gasteiger partial charge < -0.3 is 5.32 Å². The summed E-state index contributed by atoms with van der Waals surface area (Å²) in [6.07, 6.45) is 0. The molecule has 0 spiro atoms. The first kappa shape index (κ1) is 12.6. The van der Waals surface area contributed by atoms with Crippen LogP contribution in [0.15, 0.2) is 18.2 Å². The van der Waals surface area contributed by atoms with E-state index in [-0.39, 0.29) is 0 Å². The molecule has 0 aliphatic carbocycles. The summed E-state index contributed by atoms with van der Waals surface area (Å²) in [5, 5.41) is 3.53. The lowest BCUT2D eigenvalue weighted by Gasteiger charge is -2.37. The molecule has 0 aromatic heterocycles. The van der Waals surface area contributed by atoms with Gasteiger partial charge in [-0.3, -0.25) is 4.90 Å². The third-order valence-corrected chi connectivity index (χ3v) is 3.98. The van der Waals surface area contributed by atoms with Crippen LogP contribution in [0.1, 0.15) is 30.5 Å². The van der Waals surface area contributed by atoms with E-state index < -0.39 is 0 Å². The highest BCUT2D eigenvalue weighted by atomic mass is 15.2. The Hall–Kier alpha value is -0.860. The van der Waals surface area contributed by atoms with Crippen molar-refractivity contribution >= 4 is 0 Å². The fourth-order valence-electron chi connectivity index (χ4n) is 2.52. The number of benzene rings is 1. The number of aryl methyl sites for hydroxylation is 1. The monoisotopic (exact) mass is 232 g/mol. The van der Waals surface area contributed by atoms with Gasteiger partial charge in [0.2, 0.25) is 0 Å². The Balaban J connectivity index is 2.11. The molecule has 94 valence electrons. The lowest BCUT2D eigenvalue weighted by molar-refractivity contribution is 0.138. The first-order valence-corrected chi connectivity index (χ1v) is 6.60. The van der Waals surface area contributed by atoms with Crippen molar-refractivity contribution in [3.8, 4) is 0 Å². The maximum absolute atomic E-state index is 3.53. The van der Waals surface area contributed by atoms with Crippen molar-refractivity contribution < 1.29 is 0 Å². The second-order valence-corrected chi connectivity index (χ2v) is 5.45. The number of piperazine rings is 1. The molecule has 2 unspecified atom stereocenters. The summed E-state index contributed by atoms with van der Waals surface area (Å²) in [5.41, 5.74) is 4.33. The standard InChI is InChI=1S/C15H24N2/c1-11-6-5-7-15(14(11)4)10-17-9-12(2)16-8-13(17)3/h5-7,12-13,16H,8-10H2,1-4H3. The normalized spacial score (nSPS) is 26.1. The van der Waals surface area contributed by atoms with Gasteiger partial charge in [0, 0.05) is 31.7 Å². The molecule has 1 aliphatic rings. The summed E-state index contributed by atoms with van der Waals surface area (Å²) >= 11 is 0. The molecule has 2 heteroatoms. The largest absolute Gasteiger partial charge is 0.311 e. The van der Waals surface area contributed by atoms with Crippen LogP contribution < -0.4 is 5.32 Å². The molecule has 2 atom stereocenters. The van der Waals surface area contributed by atoms with Gasteiger partial charge in [0.15, 0.2) is 0 Å². The molecule has 0 radical (unpaired) electrons. The smallest absolute Gasteiger partial charge is 0.0240 e. The summed E-state index contributed by atoms with van der Waals surface area (Å²) in [6.45, 7) is 12.3. The molecule has 0 saturated carbocycles. The van der Waals surface area contributed by atoms with E-state index in [1.165, 1.54) is 16.7 Å². The quantitative estimate of drug-likeness (QED) is 0.843. The Morgan fingerprint density at radius 1 is 1.29 bits per heavy atom. The molecule has 2 nitrogen and oxygen atoms in total. The van der Waals surface area contributed by atoms with Gasteiger partial charge in [-0.15, -0.1) is 0 Å². The van der Waals surface area contributed by atoms with Gasteiger partial charge in [-0.05, 0) is 44.4 Å². The maximum Gasteiger partial charge on any atom is 0.0240 e. The van der Waals surface area contributed by atoms with Crippen LogP contribution in [0, 0.1) is 13.8 Å². The highest BCUT2D eigenvalue weighted by Gasteiger charge is 2.22. The van der Waals surface area contributed by atoms with Crippen molar-refractivity contribution in [3.05, 3.63) is 34.9 Å². The van der Waals surface area contributed by atoms with Gasteiger partial charge in [0.25, 0.3) is 0 Å². The van der Waals surface area contributed by atoms with E-state index in [2.05, 4.69) is 56.1 Å². The summed E-state index contributed by atoms with van der Waals surface area (Å²) in [4.78, 5) is 2.59. The first-order valence-electron chi connectivity index (χ1n) is 6.60. The van der Waals surface area contributed by atoms with E-state index in [0.717, 1.165) is 19.6 Å². The number of rotatable bonds is 2. The fraction of sp³-hybridized carbons (Fsp3) is 0.600. The Kier molecular flexibility index (Phi) is 3.85. The van der Waals surface area contributed by atoms with Crippen LogP contribution >= 0.6 is 0 Å². The van der Waals surface area contributed by atoms with Crippen LogP contribution in [0.4, 0.5) is 0 Å². The van der Waals surface area contributed by atoms with Crippen molar-refractivity contribution in [2.24, 2.45) is 0 Å². The molecular formula is C15H24N2. The molecule has 2 rings (SSSR count). The second kappa shape index (κ2) is 5.19. The number of nitrogens with zero attached hydrogens (tertiary/aromatic N) is 1. The van der Waals surface area contributed by atoms with Gasteiger partial charge in [0.05, 0.1) is 0 Å². The summed E-state index contributed by atoms with van der Waals surface area (Å²) in [5.74, 6) is 0. The van der Waals surface area contributed by atoms with E-state index in [1.54, 1.807) is 0 Å². The summed E-state index contributed by atoms with van der Waals surface area (Å²) < 4.78 is 0. The van der Waals surface area contributed by atoms with Crippen molar-refractivity contribution in [1.29, 1.82) is 0 Å². The van der Waals surface area contributed by atoms with Crippen molar-refractivity contribution in [2.45, 2.75) is 46.3 Å². The highest BCUT2D eigenvalue weighted by Crippen LogP contribution is 2.17. The van der Waals surface area contributed by atoms with Gasteiger partial charge in [0.1, 0.15) is 0 Å². The third-order valence-electron chi connectivity index (χ3n) is 3.98. The molecule has 17 heavy (non-hydrogen) atoms. The number of hydrogen-bond acceptors (Lipinski definition) is 2. The lowest BCUT2D eigenvalue weighted by Crippen LogP contribution is -2.53. The Morgan fingerprint density at radius 2 is 2.06 bits per heavy atom. The topological polar surface area (TPSA) is 15.3 Å². The second-order valence-electron chi connectivity index (χ2n) is 5.45. The number of nitrogens with one attached hydrogen (secondary N) is 1. The molecule has 0 bridgehead atoms. The van der Waals surface area contributed by atoms with Gasteiger partial charge in [-0.2, -0.15) is 0 Å². The van der Waals surface area contributed by atoms with Gasteiger partial charge in [-0.1, -0.05) is 18.2 Å². The minimum absolute atomic E-state index is 0.608. The molecule has 1 saturated heterocycles. The first-order chi connectivity index (χ1) is 8.08. The molecule has 0 amide bonds. The van der Waals surface area contributed by atoms with E-state index >= 15 is 0 Å². The Morgan fingerprint density at radius 3 is 2.82 bits per heavy atom. The van der Waals surface area contributed by atoms with Crippen molar-refractivity contribution in [3.63, 3.8) is 0 Å². The summed E-state index contributed by atoms with van der Waals surface area (Å²) in [6, 6.07) is 7.88. The van der Waals surface area contributed by atoms with Crippen LogP contribution in [0.25, 0.3) is 0 Å². The van der Waals surface area contributed by atoms with E-state index in [0.29, 0.717) is 12.1 Å². The third kappa shape index (κ3) is 2.88. The molecule has 1 aliphatic heterocycles. The molecule has 1 aromatic carbocycles. The lowest BCUT2D eigenvalue weighted by atomic mass is 10.0. The van der Waals surface area contributed by atoms with Crippen LogP contribution in [0.2, 0.25) is 0 Å². The van der Waals surface area contributed by atoms with E-state index in [1.807, 2.05) is 0 Å². The zero-order valence-electron chi connectivity index (χ0n) is 11.5. The predicted molar refractivity (Wildman–Crippen MR) is 73.3 cm³/mol. The summed E-state index contributed by atoms with van der Waals surface area (Å²) in [7, 11) is 0. The van der Waals surface area contributed by atoms with Crippen LogP contribution in [0.5, 0.6) is 0 Å². The number of hydrogen-bond donors (Lipinski definition) is 1. The molecule has 1 N–H and O–H groups in total. The predicted octanol–water partition coefficient (Wildman–Crippen LogP) is 2.49.